The molecule has 8 heteroatoms. The van der Waals surface area contributed by atoms with Gasteiger partial charge in [-0.1, -0.05) is 12.1 Å². The number of carbonyl (C=O) groups is 3. The summed E-state index contributed by atoms with van der Waals surface area (Å²) in [5, 5.41) is 3.00. The zero-order valence-corrected chi connectivity index (χ0v) is 15.8. The number of nitrogens with one attached hydrogen (secondary N) is 1. The molecular formula is C19H26N4O4. The Labute approximate surface area is 159 Å². The first-order valence-corrected chi connectivity index (χ1v) is 9.21. The van der Waals surface area contributed by atoms with Crippen molar-refractivity contribution in [3.8, 4) is 5.75 Å². The summed E-state index contributed by atoms with van der Waals surface area (Å²) in [6.07, 6.45) is 1.13. The zero-order valence-electron chi connectivity index (χ0n) is 15.8. The molecule has 1 N–H and O–H groups in total. The van der Waals surface area contributed by atoms with Gasteiger partial charge in [0.25, 0.3) is 5.91 Å². The first-order valence-electron chi connectivity index (χ1n) is 9.21. The molecule has 2 aliphatic rings. The molecule has 0 aromatic heterocycles. The highest BCUT2D eigenvalue weighted by atomic mass is 16.5. The highest BCUT2D eigenvalue weighted by Crippen LogP contribution is 2.20. The van der Waals surface area contributed by atoms with Gasteiger partial charge < -0.3 is 24.8 Å². The summed E-state index contributed by atoms with van der Waals surface area (Å²) in [5.41, 5.74) is 0.535. The van der Waals surface area contributed by atoms with Crippen LogP contribution in [0.15, 0.2) is 24.3 Å². The maximum Gasteiger partial charge on any atom is 0.317 e. The minimum atomic E-state index is -0.132. The van der Waals surface area contributed by atoms with Crippen LogP contribution in [0, 0.1) is 0 Å². The van der Waals surface area contributed by atoms with E-state index in [9.17, 15) is 14.4 Å². The summed E-state index contributed by atoms with van der Waals surface area (Å²) in [7, 11) is 3.30. The fourth-order valence-electron chi connectivity index (χ4n) is 3.50. The Morgan fingerprint density at radius 1 is 1.11 bits per heavy atom. The Kier molecular flexibility index (Phi) is 5.83. The van der Waals surface area contributed by atoms with Gasteiger partial charge in [-0.15, -0.1) is 0 Å². The number of benzene rings is 1. The van der Waals surface area contributed by atoms with E-state index in [0.29, 0.717) is 56.9 Å². The Hall–Kier alpha value is -2.77. The van der Waals surface area contributed by atoms with E-state index in [0.717, 1.165) is 0 Å². The largest absolute Gasteiger partial charge is 0.496 e. The maximum absolute atomic E-state index is 12.7. The number of amides is 4. The van der Waals surface area contributed by atoms with E-state index in [1.807, 2.05) is 12.1 Å². The molecule has 1 aromatic rings. The van der Waals surface area contributed by atoms with Crippen molar-refractivity contribution >= 4 is 17.8 Å². The van der Waals surface area contributed by atoms with Crippen LogP contribution in [-0.4, -0.2) is 85.5 Å². The van der Waals surface area contributed by atoms with Crippen LogP contribution in [-0.2, 0) is 4.79 Å². The Morgan fingerprint density at radius 2 is 1.78 bits per heavy atom. The lowest BCUT2D eigenvalue weighted by atomic mass is 10.1. The van der Waals surface area contributed by atoms with E-state index < -0.39 is 0 Å². The van der Waals surface area contributed by atoms with Crippen molar-refractivity contribution in [2.45, 2.75) is 18.9 Å². The number of ether oxygens (including phenoxy) is 1. The van der Waals surface area contributed by atoms with E-state index in [1.54, 1.807) is 41.0 Å². The van der Waals surface area contributed by atoms with Gasteiger partial charge in [-0.2, -0.15) is 0 Å². The van der Waals surface area contributed by atoms with Crippen molar-refractivity contribution in [3.05, 3.63) is 29.8 Å². The predicted octanol–water partition coefficient (Wildman–Crippen LogP) is 0.783. The lowest BCUT2D eigenvalue weighted by Gasteiger charge is -2.37. The van der Waals surface area contributed by atoms with Gasteiger partial charge in [-0.3, -0.25) is 9.59 Å². The number of hydrogen-bond donors (Lipinski definition) is 1. The monoisotopic (exact) mass is 374 g/mol. The molecule has 8 nitrogen and oxygen atoms in total. The van der Waals surface area contributed by atoms with Crippen molar-refractivity contribution in [2.24, 2.45) is 0 Å². The second kappa shape index (κ2) is 8.28. The molecule has 3 rings (SSSR count). The SMILES string of the molecule is COc1ccccc1C(=O)N1CCN(C(=O)NC2CCC(=O)N(C)C2)CC1. The van der Waals surface area contributed by atoms with Crippen molar-refractivity contribution in [2.75, 3.05) is 46.9 Å². The fourth-order valence-corrected chi connectivity index (χ4v) is 3.50. The highest BCUT2D eigenvalue weighted by molar-refractivity contribution is 5.97. The number of likely N-dealkylation sites (tertiary alicyclic amines) is 1. The van der Waals surface area contributed by atoms with Crippen LogP contribution < -0.4 is 10.1 Å². The first-order chi connectivity index (χ1) is 13.0. The van der Waals surface area contributed by atoms with Crippen molar-refractivity contribution in [1.82, 2.24) is 20.0 Å². The van der Waals surface area contributed by atoms with Crippen molar-refractivity contribution in [1.29, 1.82) is 0 Å². The second-order valence-electron chi connectivity index (χ2n) is 6.94. The Balaban J connectivity index is 1.52. The lowest BCUT2D eigenvalue weighted by molar-refractivity contribution is -0.132. The van der Waals surface area contributed by atoms with Crippen LogP contribution in [0.1, 0.15) is 23.2 Å². The molecule has 2 heterocycles. The van der Waals surface area contributed by atoms with Crippen LogP contribution in [0.4, 0.5) is 4.79 Å². The molecule has 2 saturated heterocycles. The van der Waals surface area contributed by atoms with Crippen molar-refractivity contribution in [3.63, 3.8) is 0 Å². The third kappa shape index (κ3) is 4.32. The minimum Gasteiger partial charge on any atom is -0.496 e. The zero-order chi connectivity index (χ0) is 19.4. The standard InChI is InChI=1S/C19H26N4O4/c1-21-13-14(7-8-17(21)24)20-19(26)23-11-9-22(10-12-23)18(25)15-5-3-4-6-16(15)27-2/h3-6,14H,7-13H2,1-2H3,(H,20,26). The minimum absolute atomic E-state index is 0.0200. The molecule has 1 unspecified atom stereocenters. The topological polar surface area (TPSA) is 82.2 Å². The number of methoxy groups -OCH3 is 1. The quantitative estimate of drug-likeness (QED) is 0.848. The molecule has 2 aliphatic heterocycles. The fraction of sp³-hybridized carbons (Fsp3) is 0.526. The summed E-state index contributed by atoms with van der Waals surface area (Å²) in [6.45, 7) is 2.46. The molecular weight excluding hydrogens is 348 g/mol. The van der Waals surface area contributed by atoms with Crippen LogP contribution in [0.5, 0.6) is 5.75 Å². The van der Waals surface area contributed by atoms with Crippen LogP contribution in [0.3, 0.4) is 0 Å². The summed E-state index contributed by atoms with van der Waals surface area (Å²) in [6, 6.07) is 7.00. The molecule has 0 radical (unpaired) electrons. The van der Waals surface area contributed by atoms with E-state index in [-0.39, 0.29) is 23.9 Å². The number of piperidine rings is 1. The number of likely N-dealkylation sites (N-methyl/N-ethyl adjacent to an activating group) is 1. The Morgan fingerprint density at radius 3 is 2.44 bits per heavy atom. The molecule has 146 valence electrons. The molecule has 0 aliphatic carbocycles. The molecule has 1 aromatic carbocycles. The Bertz CT molecular complexity index is 715. The molecule has 4 amide bonds. The summed E-state index contributed by atoms with van der Waals surface area (Å²) in [5.74, 6) is 0.586. The van der Waals surface area contributed by atoms with Gasteiger partial charge in [-0.05, 0) is 18.6 Å². The van der Waals surface area contributed by atoms with Gasteiger partial charge >= 0.3 is 6.03 Å². The van der Waals surface area contributed by atoms with Gasteiger partial charge in [0, 0.05) is 52.2 Å². The third-order valence-corrected chi connectivity index (χ3v) is 5.15. The van der Waals surface area contributed by atoms with E-state index in [1.165, 1.54) is 0 Å². The van der Waals surface area contributed by atoms with Gasteiger partial charge in [0.1, 0.15) is 5.75 Å². The van der Waals surface area contributed by atoms with E-state index >= 15 is 0 Å². The van der Waals surface area contributed by atoms with Gasteiger partial charge in [0.05, 0.1) is 12.7 Å². The van der Waals surface area contributed by atoms with E-state index in [4.69, 9.17) is 4.74 Å². The normalized spacial score (nSPS) is 20.4. The molecule has 0 bridgehead atoms. The summed E-state index contributed by atoms with van der Waals surface area (Å²) >= 11 is 0. The van der Waals surface area contributed by atoms with Crippen LogP contribution in [0.25, 0.3) is 0 Å². The third-order valence-electron chi connectivity index (χ3n) is 5.15. The second-order valence-corrected chi connectivity index (χ2v) is 6.94. The number of carbonyl (C=O) groups excluding carboxylic acids is 3. The van der Waals surface area contributed by atoms with Gasteiger partial charge in [0.2, 0.25) is 5.91 Å². The maximum atomic E-state index is 12.7. The van der Waals surface area contributed by atoms with E-state index in [2.05, 4.69) is 5.32 Å². The molecule has 2 fully saturated rings. The number of piperazine rings is 1. The average molecular weight is 374 g/mol. The predicted molar refractivity (Wildman–Crippen MR) is 99.7 cm³/mol. The molecule has 0 spiro atoms. The van der Waals surface area contributed by atoms with Crippen LogP contribution >= 0.6 is 0 Å². The summed E-state index contributed by atoms with van der Waals surface area (Å²) < 4.78 is 5.27. The number of para-hydroxylation sites is 1. The number of urea groups is 1. The number of nitrogens with zero attached hydrogens (tertiary/aromatic N) is 3. The molecule has 0 saturated carbocycles. The number of rotatable bonds is 3. The lowest BCUT2D eigenvalue weighted by Crippen LogP contribution is -2.56. The number of hydrogen-bond acceptors (Lipinski definition) is 4. The average Bonchev–Trinajstić information content (AvgIpc) is 2.70. The molecule has 27 heavy (non-hydrogen) atoms. The summed E-state index contributed by atoms with van der Waals surface area (Å²) in [4.78, 5) is 41.9. The van der Waals surface area contributed by atoms with Crippen LogP contribution in [0.2, 0.25) is 0 Å². The smallest absolute Gasteiger partial charge is 0.317 e. The highest BCUT2D eigenvalue weighted by Gasteiger charge is 2.29. The van der Waals surface area contributed by atoms with Crippen molar-refractivity contribution < 1.29 is 19.1 Å². The van der Waals surface area contributed by atoms with Gasteiger partial charge in [0.15, 0.2) is 0 Å². The molecule has 1 atom stereocenters. The van der Waals surface area contributed by atoms with Gasteiger partial charge in [-0.25, -0.2) is 4.79 Å². The first kappa shape index (κ1) is 19.0.